The van der Waals surface area contributed by atoms with Crippen molar-refractivity contribution < 1.29 is 9.13 Å². The molecule has 0 amide bonds. The van der Waals surface area contributed by atoms with Gasteiger partial charge in [-0.05, 0) is 65.6 Å². The van der Waals surface area contributed by atoms with Gasteiger partial charge in [0.25, 0.3) is 0 Å². The Morgan fingerprint density at radius 2 is 1.95 bits per heavy atom. The summed E-state index contributed by atoms with van der Waals surface area (Å²) in [6.45, 7) is 4.08. The molecule has 0 bridgehead atoms. The number of rotatable bonds is 4. The van der Waals surface area contributed by atoms with E-state index < -0.39 is 0 Å². The average Bonchev–Trinajstić information content (AvgIpc) is 2.45. The van der Waals surface area contributed by atoms with Crippen LogP contribution in [0.3, 0.4) is 0 Å². The van der Waals surface area contributed by atoms with Crippen molar-refractivity contribution in [1.82, 2.24) is 5.32 Å². The largest absolute Gasteiger partial charge is 0.496 e. The molecule has 0 fully saturated rings. The van der Waals surface area contributed by atoms with Gasteiger partial charge in [-0.25, -0.2) is 4.39 Å². The average molecular weight is 352 g/mol. The molecule has 1 N–H and O–H groups in total. The first-order valence-corrected chi connectivity index (χ1v) is 7.55. The first-order valence-electron chi connectivity index (χ1n) is 6.76. The monoisotopic (exact) mass is 351 g/mol. The van der Waals surface area contributed by atoms with Gasteiger partial charge in [0.1, 0.15) is 11.6 Å². The molecule has 0 spiro atoms. The van der Waals surface area contributed by atoms with Crippen LogP contribution in [0.15, 0.2) is 34.8 Å². The summed E-state index contributed by atoms with van der Waals surface area (Å²) in [5.74, 6) is 0.541. The molecule has 2 aromatic carbocycles. The lowest BCUT2D eigenvalue weighted by Gasteiger charge is -2.23. The van der Waals surface area contributed by atoms with Crippen LogP contribution in [0.5, 0.6) is 5.75 Å². The van der Waals surface area contributed by atoms with Crippen molar-refractivity contribution in [2.75, 3.05) is 14.2 Å². The number of methoxy groups -OCH3 is 1. The lowest BCUT2D eigenvalue weighted by molar-refractivity contribution is 0.404. The number of hydrogen-bond donors (Lipinski definition) is 1. The van der Waals surface area contributed by atoms with Crippen LogP contribution in [0.4, 0.5) is 4.39 Å². The highest BCUT2D eigenvalue weighted by atomic mass is 79.9. The summed E-state index contributed by atoms with van der Waals surface area (Å²) in [4.78, 5) is 0. The first kappa shape index (κ1) is 16.0. The highest BCUT2D eigenvalue weighted by Gasteiger charge is 2.22. The summed E-state index contributed by atoms with van der Waals surface area (Å²) in [5.41, 5.74) is 4.13. The van der Waals surface area contributed by atoms with E-state index >= 15 is 0 Å². The molecule has 0 aliphatic rings. The summed E-state index contributed by atoms with van der Waals surface area (Å²) >= 11 is 3.35. The summed E-state index contributed by atoms with van der Waals surface area (Å²) in [6, 6.07) is 9.03. The molecule has 0 radical (unpaired) electrons. The highest BCUT2D eigenvalue weighted by molar-refractivity contribution is 9.10. The van der Waals surface area contributed by atoms with Crippen molar-refractivity contribution in [3.05, 3.63) is 62.9 Å². The molecule has 1 atom stereocenters. The second-order valence-electron chi connectivity index (χ2n) is 5.06. The van der Waals surface area contributed by atoms with Crippen molar-refractivity contribution in [2.24, 2.45) is 0 Å². The lowest BCUT2D eigenvalue weighted by Crippen LogP contribution is -2.20. The number of halogens is 2. The maximum atomic E-state index is 13.8. The maximum absolute atomic E-state index is 13.8. The molecule has 0 aliphatic carbocycles. The lowest BCUT2D eigenvalue weighted by atomic mass is 9.93. The number of aryl methyl sites for hydroxylation is 2. The molecule has 21 heavy (non-hydrogen) atoms. The second kappa shape index (κ2) is 6.58. The third-order valence-corrected chi connectivity index (χ3v) is 4.42. The molecule has 0 aliphatic heterocycles. The minimum Gasteiger partial charge on any atom is -0.496 e. The van der Waals surface area contributed by atoms with Gasteiger partial charge in [-0.1, -0.05) is 18.2 Å². The van der Waals surface area contributed by atoms with E-state index in [1.807, 2.05) is 33.0 Å². The zero-order valence-corrected chi connectivity index (χ0v) is 14.2. The van der Waals surface area contributed by atoms with Crippen LogP contribution in [-0.4, -0.2) is 14.2 Å². The number of benzene rings is 2. The van der Waals surface area contributed by atoms with Crippen LogP contribution < -0.4 is 10.1 Å². The molecular formula is C17H19BrFNO. The number of ether oxygens (including phenoxy) is 1. The molecule has 0 saturated carbocycles. The van der Waals surface area contributed by atoms with E-state index in [2.05, 4.69) is 27.3 Å². The Hall–Kier alpha value is -1.39. The van der Waals surface area contributed by atoms with E-state index in [1.165, 1.54) is 6.07 Å². The summed E-state index contributed by atoms with van der Waals surface area (Å²) in [5, 5.41) is 3.26. The molecule has 2 aromatic rings. The fourth-order valence-corrected chi connectivity index (χ4v) is 3.17. The van der Waals surface area contributed by atoms with Crippen molar-refractivity contribution in [2.45, 2.75) is 19.9 Å². The zero-order chi connectivity index (χ0) is 15.6. The Morgan fingerprint density at radius 3 is 2.57 bits per heavy atom. The van der Waals surface area contributed by atoms with Gasteiger partial charge in [0.2, 0.25) is 0 Å². The van der Waals surface area contributed by atoms with E-state index in [-0.39, 0.29) is 11.9 Å². The standard InChI is InChI=1S/C17H19BrFNO/c1-10-8-11(2)15(14(9-10)21-4)17(20-3)12-6-5-7-13(19)16(12)18/h5-9,17,20H,1-4H3. The van der Waals surface area contributed by atoms with Crippen molar-refractivity contribution >= 4 is 15.9 Å². The van der Waals surface area contributed by atoms with Crippen LogP contribution in [-0.2, 0) is 0 Å². The molecule has 0 saturated heterocycles. The third kappa shape index (κ3) is 3.11. The fourth-order valence-electron chi connectivity index (χ4n) is 2.68. The van der Waals surface area contributed by atoms with Gasteiger partial charge in [-0.2, -0.15) is 0 Å². The van der Waals surface area contributed by atoms with E-state index in [9.17, 15) is 4.39 Å². The Bertz CT molecular complexity index is 657. The predicted molar refractivity (Wildman–Crippen MR) is 87.5 cm³/mol. The molecule has 0 aromatic heterocycles. The Morgan fingerprint density at radius 1 is 1.24 bits per heavy atom. The SMILES string of the molecule is CNC(c1cccc(F)c1Br)c1c(C)cc(C)cc1OC. The van der Waals surface area contributed by atoms with Gasteiger partial charge >= 0.3 is 0 Å². The van der Waals surface area contributed by atoms with E-state index in [0.717, 1.165) is 28.0 Å². The molecule has 2 rings (SSSR count). The molecule has 1 unspecified atom stereocenters. The second-order valence-corrected chi connectivity index (χ2v) is 5.86. The van der Waals surface area contributed by atoms with Gasteiger partial charge in [-0.3, -0.25) is 0 Å². The van der Waals surface area contributed by atoms with Gasteiger partial charge in [0.15, 0.2) is 0 Å². The molecular weight excluding hydrogens is 333 g/mol. The van der Waals surface area contributed by atoms with Crippen LogP contribution in [0, 0.1) is 19.7 Å². The zero-order valence-electron chi connectivity index (χ0n) is 12.6. The predicted octanol–water partition coefficient (Wildman–Crippen LogP) is 4.52. The minimum atomic E-state index is -0.267. The summed E-state index contributed by atoms with van der Waals surface area (Å²) in [7, 11) is 3.52. The normalized spacial score (nSPS) is 12.3. The molecule has 2 nitrogen and oxygen atoms in total. The van der Waals surface area contributed by atoms with Gasteiger partial charge in [0.05, 0.1) is 17.6 Å². The maximum Gasteiger partial charge on any atom is 0.137 e. The van der Waals surface area contributed by atoms with Crippen molar-refractivity contribution in [1.29, 1.82) is 0 Å². The Balaban J connectivity index is 2.64. The Kier molecular flexibility index (Phi) is 5.01. The van der Waals surface area contributed by atoms with E-state index in [1.54, 1.807) is 13.2 Å². The molecule has 4 heteroatoms. The summed E-state index contributed by atoms with van der Waals surface area (Å²) in [6.07, 6.45) is 0. The minimum absolute atomic E-state index is 0.148. The summed E-state index contributed by atoms with van der Waals surface area (Å²) < 4.78 is 19.8. The van der Waals surface area contributed by atoms with Crippen molar-refractivity contribution in [3.63, 3.8) is 0 Å². The Labute approximate surface area is 133 Å². The van der Waals surface area contributed by atoms with Gasteiger partial charge in [0, 0.05) is 5.56 Å². The van der Waals surface area contributed by atoms with Crippen LogP contribution in [0.2, 0.25) is 0 Å². The molecule has 112 valence electrons. The van der Waals surface area contributed by atoms with Crippen LogP contribution in [0.25, 0.3) is 0 Å². The third-order valence-electron chi connectivity index (χ3n) is 3.58. The van der Waals surface area contributed by atoms with Crippen molar-refractivity contribution in [3.8, 4) is 5.75 Å². The number of nitrogens with one attached hydrogen (secondary N) is 1. The smallest absolute Gasteiger partial charge is 0.137 e. The number of hydrogen-bond acceptors (Lipinski definition) is 2. The van der Waals surface area contributed by atoms with Gasteiger partial charge in [-0.15, -0.1) is 0 Å². The van der Waals surface area contributed by atoms with E-state index in [4.69, 9.17) is 4.74 Å². The van der Waals surface area contributed by atoms with Crippen LogP contribution in [0.1, 0.15) is 28.3 Å². The quantitative estimate of drug-likeness (QED) is 0.873. The fraction of sp³-hybridized carbons (Fsp3) is 0.294. The van der Waals surface area contributed by atoms with Crippen LogP contribution >= 0.6 is 15.9 Å². The van der Waals surface area contributed by atoms with Gasteiger partial charge < -0.3 is 10.1 Å². The molecule has 0 heterocycles. The highest BCUT2D eigenvalue weighted by Crippen LogP contribution is 2.37. The topological polar surface area (TPSA) is 21.3 Å². The first-order chi connectivity index (χ1) is 9.99. The van der Waals surface area contributed by atoms with E-state index in [0.29, 0.717) is 4.47 Å².